The molecule has 2 heterocycles. The van der Waals surface area contributed by atoms with Gasteiger partial charge in [-0.1, -0.05) is 97.3 Å². The Labute approximate surface area is 180 Å². The Kier molecular flexibility index (Phi) is 14.3. The van der Waals surface area contributed by atoms with Gasteiger partial charge in [-0.05, 0) is 12.8 Å². The fraction of sp³-hybridized carbons (Fsp3) is 1.00. The standard InChI is InChI=1S/C25H48O4/c1-3-5-7-9-11-13-14-16-18-26-20-23-25(29-23)24(22-21-28-22)27-19-17-15-12-10-8-6-4-2/h22-25H,3-21H2,1-2H3. The highest BCUT2D eigenvalue weighted by molar-refractivity contribution is 4.98. The summed E-state index contributed by atoms with van der Waals surface area (Å²) in [6, 6.07) is 0. The van der Waals surface area contributed by atoms with Crippen molar-refractivity contribution in [3.8, 4) is 0 Å². The summed E-state index contributed by atoms with van der Waals surface area (Å²) in [5.41, 5.74) is 0. The van der Waals surface area contributed by atoms with Gasteiger partial charge in [-0.25, -0.2) is 0 Å². The van der Waals surface area contributed by atoms with Crippen LogP contribution in [0.1, 0.15) is 110 Å². The minimum Gasteiger partial charge on any atom is -0.379 e. The van der Waals surface area contributed by atoms with Crippen LogP contribution < -0.4 is 0 Å². The molecule has 0 bridgehead atoms. The molecule has 4 heteroatoms. The van der Waals surface area contributed by atoms with E-state index in [0.717, 1.165) is 26.2 Å². The van der Waals surface area contributed by atoms with Gasteiger partial charge in [0.1, 0.15) is 24.4 Å². The maximum absolute atomic E-state index is 6.14. The number of rotatable bonds is 22. The van der Waals surface area contributed by atoms with Crippen LogP contribution in [0, 0.1) is 0 Å². The van der Waals surface area contributed by atoms with Gasteiger partial charge in [0, 0.05) is 13.2 Å². The smallest absolute Gasteiger partial charge is 0.115 e. The zero-order valence-corrected chi connectivity index (χ0v) is 19.4. The lowest BCUT2D eigenvalue weighted by atomic mass is 10.1. The molecule has 2 aliphatic heterocycles. The fourth-order valence-electron chi connectivity index (χ4n) is 4.05. The van der Waals surface area contributed by atoms with Crippen LogP contribution >= 0.6 is 0 Å². The molecule has 2 fully saturated rings. The molecule has 0 N–H and O–H groups in total. The third-order valence-electron chi connectivity index (χ3n) is 6.15. The first-order chi connectivity index (χ1) is 14.4. The zero-order chi connectivity index (χ0) is 20.6. The van der Waals surface area contributed by atoms with Crippen molar-refractivity contribution < 1.29 is 18.9 Å². The van der Waals surface area contributed by atoms with Crippen molar-refractivity contribution in [3.63, 3.8) is 0 Å². The summed E-state index contributed by atoms with van der Waals surface area (Å²) in [4.78, 5) is 0. The van der Waals surface area contributed by atoms with Gasteiger partial charge in [0.2, 0.25) is 0 Å². The van der Waals surface area contributed by atoms with Crippen LogP contribution in [0.25, 0.3) is 0 Å². The molecule has 0 saturated carbocycles. The van der Waals surface area contributed by atoms with E-state index in [4.69, 9.17) is 18.9 Å². The number of hydrogen-bond donors (Lipinski definition) is 0. The minimum atomic E-state index is 0.117. The lowest BCUT2D eigenvalue weighted by molar-refractivity contribution is 0.0129. The molecule has 172 valence electrons. The molecule has 2 rings (SSSR count). The monoisotopic (exact) mass is 412 g/mol. The molecular weight excluding hydrogens is 364 g/mol. The Morgan fingerprint density at radius 2 is 1.24 bits per heavy atom. The van der Waals surface area contributed by atoms with Gasteiger partial charge >= 0.3 is 0 Å². The largest absolute Gasteiger partial charge is 0.379 e. The number of hydrogen-bond acceptors (Lipinski definition) is 4. The molecule has 29 heavy (non-hydrogen) atoms. The Balaban J connectivity index is 1.40. The number of epoxide rings is 2. The molecule has 0 radical (unpaired) electrons. The summed E-state index contributed by atoms with van der Waals surface area (Å²) in [5.74, 6) is 0. The number of unbranched alkanes of at least 4 members (excludes halogenated alkanes) is 13. The summed E-state index contributed by atoms with van der Waals surface area (Å²) in [6.07, 6.45) is 20.7. The summed E-state index contributed by atoms with van der Waals surface area (Å²) in [7, 11) is 0. The predicted octanol–water partition coefficient (Wildman–Crippen LogP) is 6.45. The van der Waals surface area contributed by atoms with E-state index >= 15 is 0 Å². The van der Waals surface area contributed by atoms with Gasteiger partial charge in [0.05, 0.1) is 13.2 Å². The van der Waals surface area contributed by atoms with Gasteiger partial charge in [-0.3, -0.25) is 0 Å². The number of ether oxygens (including phenoxy) is 4. The van der Waals surface area contributed by atoms with Crippen molar-refractivity contribution in [1.82, 2.24) is 0 Å². The summed E-state index contributed by atoms with van der Waals surface area (Å²) in [6.45, 7) is 7.78. The molecule has 2 saturated heterocycles. The van der Waals surface area contributed by atoms with E-state index in [9.17, 15) is 0 Å². The first kappa shape index (κ1) is 25.1. The van der Waals surface area contributed by atoms with E-state index in [1.165, 1.54) is 89.9 Å². The molecule has 0 aromatic carbocycles. The Hall–Kier alpha value is -0.160. The normalized spacial score (nSPS) is 24.0. The fourth-order valence-corrected chi connectivity index (χ4v) is 4.05. The Bertz CT molecular complexity index is 372. The first-order valence-corrected chi connectivity index (χ1v) is 12.8. The minimum absolute atomic E-state index is 0.117. The summed E-state index contributed by atoms with van der Waals surface area (Å²) < 4.78 is 23.4. The Morgan fingerprint density at radius 1 is 0.724 bits per heavy atom. The SMILES string of the molecule is CCCCCCCCCCOCC1OC1C(OCCCCCCCCC)C1CO1. The maximum Gasteiger partial charge on any atom is 0.115 e. The third kappa shape index (κ3) is 12.3. The van der Waals surface area contributed by atoms with Crippen LogP contribution in [0.5, 0.6) is 0 Å². The molecule has 0 aromatic rings. The highest BCUT2D eigenvalue weighted by Gasteiger charge is 2.52. The van der Waals surface area contributed by atoms with E-state index in [2.05, 4.69) is 13.8 Å². The molecule has 4 atom stereocenters. The predicted molar refractivity (Wildman–Crippen MR) is 120 cm³/mol. The maximum atomic E-state index is 6.14. The van der Waals surface area contributed by atoms with E-state index in [1.807, 2.05) is 0 Å². The molecule has 2 aliphatic rings. The molecular formula is C25H48O4. The van der Waals surface area contributed by atoms with Gasteiger partial charge in [-0.2, -0.15) is 0 Å². The Morgan fingerprint density at radius 3 is 1.79 bits per heavy atom. The highest BCUT2D eigenvalue weighted by atomic mass is 16.7. The van der Waals surface area contributed by atoms with E-state index < -0.39 is 0 Å². The second kappa shape index (κ2) is 16.5. The van der Waals surface area contributed by atoms with E-state index in [1.54, 1.807) is 0 Å². The molecule has 0 amide bonds. The van der Waals surface area contributed by atoms with Crippen molar-refractivity contribution >= 4 is 0 Å². The second-order valence-corrected chi connectivity index (χ2v) is 9.02. The van der Waals surface area contributed by atoms with E-state index in [0.29, 0.717) is 6.61 Å². The quantitative estimate of drug-likeness (QED) is 0.151. The van der Waals surface area contributed by atoms with Crippen molar-refractivity contribution in [2.75, 3.05) is 26.4 Å². The summed E-state index contributed by atoms with van der Waals surface area (Å²) in [5, 5.41) is 0. The second-order valence-electron chi connectivity index (χ2n) is 9.02. The lowest BCUT2D eigenvalue weighted by Crippen LogP contribution is -2.29. The van der Waals surface area contributed by atoms with Crippen LogP contribution in [0.2, 0.25) is 0 Å². The highest BCUT2D eigenvalue weighted by Crippen LogP contribution is 2.34. The van der Waals surface area contributed by atoms with E-state index in [-0.39, 0.29) is 24.4 Å². The van der Waals surface area contributed by atoms with Gasteiger partial charge in [0.25, 0.3) is 0 Å². The van der Waals surface area contributed by atoms with Gasteiger partial charge in [-0.15, -0.1) is 0 Å². The first-order valence-electron chi connectivity index (χ1n) is 12.8. The van der Waals surface area contributed by atoms with Gasteiger partial charge in [0.15, 0.2) is 0 Å². The van der Waals surface area contributed by atoms with Crippen LogP contribution in [-0.4, -0.2) is 50.8 Å². The molecule has 0 aromatic heterocycles. The molecule has 4 nitrogen and oxygen atoms in total. The third-order valence-corrected chi connectivity index (χ3v) is 6.15. The summed E-state index contributed by atoms with van der Waals surface area (Å²) >= 11 is 0. The van der Waals surface area contributed by atoms with Crippen LogP contribution in [0.15, 0.2) is 0 Å². The van der Waals surface area contributed by atoms with Crippen LogP contribution in [-0.2, 0) is 18.9 Å². The van der Waals surface area contributed by atoms with Crippen molar-refractivity contribution in [3.05, 3.63) is 0 Å². The van der Waals surface area contributed by atoms with Crippen molar-refractivity contribution in [2.24, 2.45) is 0 Å². The van der Waals surface area contributed by atoms with Crippen LogP contribution in [0.4, 0.5) is 0 Å². The molecule has 4 unspecified atom stereocenters. The van der Waals surface area contributed by atoms with Crippen molar-refractivity contribution in [2.45, 2.75) is 135 Å². The molecule has 0 spiro atoms. The average Bonchev–Trinajstić information content (AvgIpc) is 3.64. The topological polar surface area (TPSA) is 43.5 Å². The molecule has 0 aliphatic carbocycles. The zero-order valence-electron chi connectivity index (χ0n) is 19.4. The van der Waals surface area contributed by atoms with Crippen LogP contribution in [0.3, 0.4) is 0 Å². The van der Waals surface area contributed by atoms with Crippen molar-refractivity contribution in [1.29, 1.82) is 0 Å². The van der Waals surface area contributed by atoms with Gasteiger partial charge < -0.3 is 18.9 Å². The lowest BCUT2D eigenvalue weighted by Gasteiger charge is -2.13. The average molecular weight is 413 g/mol.